The molecule has 0 saturated heterocycles. The molecule has 21 heavy (non-hydrogen) atoms. The third-order valence-electron chi connectivity index (χ3n) is 2.82. The van der Waals surface area contributed by atoms with Gasteiger partial charge in [-0.05, 0) is 24.3 Å². The molecular formula is C13H11ClN2O3S2. The van der Waals surface area contributed by atoms with Crippen molar-refractivity contribution in [2.75, 3.05) is 6.26 Å². The van der Waals surface area contributed by atoms with E-state index in [0.29, 0.717) is 16.0 Å². The van der Waals surface area contributed by atoms with E-state index in [0.717, 1.165) is 16.9 Å². The lowest BCUT2D eigenvalue weighted by Crippen LogP contribution is -1.96. The van der Waals surface area contributed by atoms with Crippen molar-refractivity contribution in [3.8, 4) is 16.5 Å². The molecule has 0 bridgehead atoms. The van der Waals surface area contributed by atoms with Crippen molar-refractivity contribution in [2.45, 2.75) is 4.90 Å². The summed E-state index contributed by atoms with van der Waals surface area (Å²) in [6, 6.07) is 10.1. The zero-order chi connectivity index (χ0) is 14.3. The largest absolute Gasteiger partial charge is 0.486 e. The van der Waals surface area contributed by atoms with E-state index in [1.165, 1.54) is 6.26 Å². The van der Waals surface area contributed by atoms with E-state index in [-0.39, 0.29) is 22.5 Å². The van der Waals surface area contributed by atoms with Gasteiger partial charge in [-0.25, -0.2) is 18.4 Å². The number of aromatic hydroxyl groups is 1. The van der Waals surface area contributed by atoms with Crippen LogP contribution in [0.3, 0.4) is 0 Å². The molecule has 0 radical (unpaired) electrons. The maximum Gasteiger partial charge on any atom is 0.273 e. The zero-order valence-corrected chi connectivity index (χ0v) is 13.3. The predicted molar refractivity (Wildman–Crippen MR) is 84.9 cm³/mol. The summed E-state index contributed by atoms with van der Waals surface area (Å²) in [5.74, 6) is 0. The molecule has 0 aliphatic rings. The Morgan fingerprint density at radius 2 is 1.71 bits per heavy atom. The Morgan fingerprint density at radius 3 is 2.33 bits per heavy atom. The Kier molecular flexibility index (Phi) is 4.18. The summed E-state index contributed by atoms with van der Waals surface area (Å²) in [5, 5.41) is 9.33. The zero-order valence-electron chi connectivity index (χ0n) is 10.8. The third kappa shape index (κ3) is 3.15. The lowest BCUT2D eigenvalue weighted by molar-refractivity contribution is 0.472. The first-order valence-electron chi connectivity index (χ1n) is 5.70. The van der Waals surface area contributed by atoms with Crippen molar-refractivity contribution >= 4 is 43.9 Å². The van der Waals surface area contributed by atoms with E-state index in [2.05, 4.69) is 9.97 Å². The molecule has 0 aliphatic carbocycles. The normalized spacial score (nSPS) is 11.3. The maximum absolute atomic E-state index is 11.4. The van der Waals surface area contributed by atoms with E-state index in [1.54, 1.807) is 36.4 Å². The summed E-state index contributed by atoms with van der Waals surface area (Å²) in [7, 11) is -3.19. The van der Waals surface area contributed by atoms with Gasteiger partial charge in [0, 0.05) is 11.8 Å². The molecule has 0 amide bonds. The van der Waals surface area contributed by atoms with Crippen LogP contribution in [0.25, 0.3) is 21.6 Å². The highest BCUT2D eigenvalue weighted by molar-refractivity contribution is 7.90. The highest BCUT2D eigenvalue weighted by atomic mass is 35.5. The van der Waals surface area contributed by atoms with E-state index in [9.17, 15) is 13.5 Å². The van der Waals surface area contributed by atoms with Gasteiger partial charge in [0.15, 0.2) is 9.84 Å². The van der Waals surface area contributed by atoms with Gasteiger partial charge in [0.2, 0.25) is 0 Å². The number of pyridine rings is 1. The van der Waals surface area contributed by atoms with Crippen LogP contribution in [0.2, 0.25) is 0 Å². The fourth-order valence-corrected chi connectivity index (χ4v) is 3.15. The molecule has 0 aliphatic heterocycles. The first-order valence-corrected chi connectivity index (χ1v) is 8.41. The number of fused-ring (bicyclic) bond motifs is 1. The highest BCUT2D eigenvalue weighted by Crippen LogP contribution is 2.28. The number of nitrogens with zero attached hydrogens (tertiary/aromatic N) is 2. The second kappa shape index (κ2) is 5.59. The van der Waals surface area contributed by atoms with E-state index >= 15 is 0 Å². The minimum Gasteiger partial charge on any atom is -0.486 e. The van der Waals surface area contributed by atoms with Crippen LogP contribution in [0, 0.1) is 0 Å². The van der Waals surface area contributed by atoms with E-state index < -0.39 is 9.84 Å². The van der Waals surface area contributed by atoms with Gasteiger partial charge in [0.25, 0.3) is 5.19 Å². The minimum absolute atomic E-state index is 0. The molecule has 2 aromatic heterocycles. The summed E-state index contributed by atoms with van der Waals surface area (Å²) in [6.07, 6.45) is 1.17. The van der Waals surface area contributed by atoms with Crippen molar-refractivity contribution in [3.63, 3.8) is 0 Å². The van der Waals surface area contributed by atoms with Gasteiger partial charge in [-0.2, -0.15) is 0 Å². The Labute approximate surface area is 131 Å². The molecule has 8 heteroatoms. The van der Waals surface area contributed by atoms with Crippen LogP contribution in [0.5, 0.6) is 5.19 Å². The number of aromatic nitrogens is 2. The summed E-state index contributed by atoms with van der Waals surface area (Å²) < 4.78 is 22.8. The minimum atomic E-state index is -3.19. The number of halogens is 1. The SMILES string of the molecule is CS(=O)(=O)c1ccc(-c2ccc3nc(O)sc3n2)cc1.Cl. The van der Waals surface area contributed by atoms with Gasteiger partial charge in [-0.1, -0.05) is 23.5 Å². The summed E-state index contributed by atoms with van der Waals surface area (Å²) in [5.41, 5.74) is 2.16. The fourth-order valence-electron chi connectivity index (χ4n) is 1.84. The quantitative estimate of drug-likeness (QED) is 0.774. The van der Waals surface area contributed by atoms with Gasteiger partial charge in [-0.3, -0.25) is 0 Å². The molecule has 3 rings (SSSR count). The summed E-state index contributed by atoms with van der Waals surface area (Å²) in [4.78, 5) is 9.25. The Hall–Kier alpha value is -1.70. The van der Waals surface area contributed by atoms with Crippen molar-refractivity contribution in [2.24, 2.45) is 0 Å². The van der Waals surface area contributed by atoms with Gasteiger partial charge >= 0.3 is 0 Å². The van der Waals surface area contributed by atoms with Gasteiger partial charge in [0.1, 0.15) is 10.3 Å². The fraction of sp³-hybridized carbons (Fsp3) is 0.0769. The van der Waals surface area contributed by atoms with Crippen molar-refractivity contribution in [3.05, 3.63) is 36.4 Å². The molecule has 0 fully saturated rings. The van der Waals surface area contributed by atoms with Gasteiger partial charge < -0.3 is 5.11 Å². The van der Waals surface area contributed by atoms with Gasteiger partial charge in [-0.15, -0.1) is 12.4 Å². The summed E-state index contributed by atoms with van der Waals surface area (Å²) in [6.45, 7) is 0. The van der Waals surface area contributed by atoms with Crippen LogP contribution in [0.1, 0.15) is 0 Å². The number of rotatable bonds is 2. The monoisotopic (exact) mass is 342 g/mol. The summed E-state index contributed by atoms with van der Waals surface area (Å²) >= 11 is 1.11. The Bertz CT molecular complexity index is 889. The maximum atomic E-state index is 11.4. The van der Waals surface area contributed by atoms with Crippen LogP contribution in [-0.2, 0) is 9.84 Å². The molecule has 3 aromatic rings. The lowest BCUT2D eigenvalue weighted by atomic mass is 10.1. The second-order valence-corrected chi connectivity index (χ2v) is 7.29. The number of benzene rings is 1. The third-order valence-corrected chi connectivity index (χ3v) is 4.72. The Morgan fingerprint density at radius 1 is 1.05 bits per heavy atom. The number of sulfone groups is 1. The molecule has 0 spiro atoms. The number of hydrogen-bond acceptors (Lipinski definition) is 6. The predicted octanol–water partition coefficient (Wildman–Crippen LogP) is 2.89. The van der Waals surface area contributed by atoms with Gasteiger partial charge in [0.05, 0.1) is 10.6 Å². The van der Waals surface area contributed by atoms with Crippen LogP contribution >= 0.6 is 23.7 Å². The van der Waals surface area contributed by atoms with Crippen molar-refractivity contribution in [1.29, 1.82) is 0 Å². The number of thiazole rings is 1. The first-order chi connectivity index (χ1) is 9.43. The standard InChI is InChI=1S/C13H10N2O3S2.ClH/c1-20(17,18)9-4-2-8(3-5-9)10-6-7-11-12(14-10)19-13(16)15-11;/h2-7H,1H3,(H,15,16);1H. The number of hydrogen-bond donors (Lipinski definition) is 1. The molecular weight excluding hydrogens is 332 g/mol. The second-order valence-electron chi connectivity index (χ2n) is 4.31. The Balaban J connectivity index is 0.00000161. The van der Waals surface area contributed by atoms with Crippen LogP contribution in [-0.4, -0.2) is 29.7 Å². The molecule has 5 nitrogen and oxygen atoms in total. The average molecular weight is 343 g/mol. The molecule has 0 saturated carbocycles. The lowest BCUT2D eigenvalue weighted by Gasteiger charge is -2.02. The van der Waals surface area contributed by atoms with Crippen LogP contribution in [0.4, 0.5) is 0 Å². The first kappa shape index (κ1) is 15.7. The smallest absolute Gasteiger partial charge is 0.273 e. The van der Waals surface area contributed by atoms with E-state index in [4.69, 9.17) is 0 Å². The molecule has 2 heterocycles. The topological polar surface area (TPSA) is 80.2 Å². The van der Waals surface area contributed by atoms with Crippen LogP contribution in [0.15, 0.2) is 41.3 Å². The van der Waals surface area contributed by atoms with Crippen molar-refractivity contribution < 1.29 is 13.5 Å². The molecule has 1 N–H and O–H groups in total. The molecule has 0 atom stereocenters. The van der Waals surface area contributed by atoms with Crippen molar-refractivity contribution in [1.82, 2.24) is 9.97 Å². The highest BCUT2D eigenvalue weighted by Gasteiger charge is 2.09. The molecule has 0 unspecified atom stereocenters. The molecule has 1 aromatic carbocycles. The van der Waals surface area contributed by atoms with Crippen LogP contribution < -0.4 is 0 Å². The van der Waals surface area contributed by atoms with E-state index in [1.807, 2.05) is 0 Å². The molecule has 110 valence electrons. The average Bonchev–Trinajstić information content (AvgIpc) is 2.77.